The highest BCUT2D eigenvalue weighted by atomic mass is 16.5. The van der Waals surface area contributed by atoms with E-state index in [9.17, 15) is 0 Å². The molecular formula is C48H48O2. The third kappa shape index (κ3) is 5.77. The molecule has 6 aromatic carbocycles. The van der Waals surface area contributed by atoms with Gasteiger partial charge in [0.2, 0.25) is 0 Å². The molecule has 1 aliphatic heterocycles. The van der Waals surface area contributed by atoms with Crippen molar-refractivity contribution in [2.45, 2.75) is 77.7 Å². The van der Waals surface area contributed by atoms with Crippen molar-refractivity contribution in [1.82, 2.24) is 0 Å². The fourth-order valence-electron chi connectivity index (χ4n) is 9.31. The van der Waals surface area contributed by atoms with E-state index < -0.39 is 0 Å². The standard InChI is InChI=1S/C48H48O2/c1-31-4-10-34(11-5-31)37-24-26-48(27-25-37)30-49-44-22-18-40-28-38(35-12-6-32(2)7-13-35)16-20-42(40)46(44)47-43-21-17-39(36-14-8-33(3)9-15-36)29-41(43)19-23-45(47)50-48/h6-9,12-23,28-29,31,34,37H,4-5,10-11,24-27,30H2,1-3H3. The Morgan fingerprint density at radius 3 is 1.54 bits per heavy atom. The lowest BCUT2D eigenvalue weighted by atomic mass is 9.68. The van der Waals surface area contributed by atoms with Crippen LogP contribution in [-0.2, 0) is 0 Å². The quantitative estimate of drug-likeness (QED) is 0.189. The molecule has 2 heteroatoms. The van der Waals surface area contributed by atoms with Gasteiger partial charge in [0.1, 0.15) is 23.7 Å². The van der Waals surface area contributed by atoms with Gasteiger partial charge >= 0.3 is 0 Å². The predicted molar refractivity (Wildman–Crippen MR) is 209 cm³/mol. The summed E-state index contributed by atoms with van der Waals surface area (Å²) < 4.78 is 14.3. The van der Waals surface area contributed by atoms with E-state index >= 15 is 0 Å². The summed E-state index contributed by atoms with van der Waals surface area (Å²) >= 11 is 0. The zero-order chi connectivity index (χ0) is 33.8. The van der Waals surface area contributed by atoms with Crippen LogP contribution in [0.25, 0.3) is 54.9 Å². The Hall–Kier alpha value is -4.56. The minimum absolute atomic E-state index is 0.315. The second-order valence-corrected chi connectivity index (χ2v) is 15.9. The van der Waals surface area contributed by atoms with Crippen LogP contribution in [0, 0.1) is 31.6 Å². The molecule has 9 rings (SSSR count). The molecule has 0 atom stereocenters. The van der Waals surface area contributed by atoms with E-state index in [2.05, 4.69) is 130 Å². The molecular weight excluding hydrogens is 609 g/mol. The SMILES string of the molecule is Cc1ccc(-c2ccc3c4c(ccc3c2)OCC2(CCC(C3CCC(C)CC3)CC2)Oc2ccc3cc(-c5ccc(C)cc5)ccc3c2-4)cc1. The maximum Gasteiger partial charge on any atom is 0.143 e. The molecule has 2 aliphatic carbocycles. The van der Waals surface area contributed by atoms with Gasteiger partial charge in [-0.1, -0.05) is 116 Å². The van der Waals surface area contributed by atoms with Crippen LogP contribution in [0.4, 0.5) is 0 Å². The van der Waals surface area contributed by atoms with Gasteiger partial charge in [-0.05, 0) is 138 Å². The summed E-state index contributed by atoms with van der Waals surface area (Å²) in [4.78, 5) is 0. The number of rotatable bonds is 3. The van der Waals surface area contributed by atoms with Crippen molar-refractivity contribution < 1.29 is 9.47 Å². The Bertz CT molecular complexity index is 2180. The largest absolute Gasteiger partial charge is 0.489 e. The first kappa shape index (κ1) is 31.4. The van der Waals surface area contributed by atoms with Crippen molar-refractivity contribution >= 4 is 21.5 Å². The maximum atomic E-state index is 7.34. The number of benzene rings is 6. The average molecular weight is 657 g/mol. The Morgan fingerprint density at radius 2 is 0.980 bits per heavy atom. The zero-order valence-electron chi connectivity index (χ0n) is 29.8. The first-order valence-corrected chi connectivity index (χ1v) is 19.0. The van der Waals surface area contributed by atoms with Crippen LogP contribution in [0.15, 0.2) is 109 Å². The fraction of sp³-hybridized carbons (Fsp3) is 0.333. The molecule has 0 N–H and O–H groups in total. The van der Waals surface area contributed by atoms with Crippen LogP contribution >= 0.6 is 0 Å². The van der Waals surface area contributed by atoms with Crippen LogP contribution in [0.2, 0.25) is 0 Å². The van der Waals surface area contributed by atoms with Crippen LogP contribution in [0.3, 0.4) is 0 Å². The third-order valence-corrected chi connectivity index (χ3v) is 12.5. The molecule has 6 aromatic rings. The van der Waals surface area contributed by atoms with Gasteiger partial charge < -0.3 is 9.47 Å². The molecule has 50 heavy (non-hydrogen) atoms. The van der Waals surface area contributed by atoms with E-state index in [0.29, 0.717) is 6.61 Å². The number of fused-ring (bicyclic) bond motifs is 7. The first-order valence-electron chi connectivity index (χ1n) is 19.0. The second-order valence-electron chi connectivity index (χ2n) is 15.9. The maximum absolute atomic E-state index is 7.34. The minimum Gasteiger partial charge on any atom is -0.489 e. The molecule has 252 valence electrons. The number of aryl methyl sites for hydroxylation is 2. The summed E-state index contributed by atoms with van der Waals surface area (Å²) in [5, 5.41) is 4.83. The first-order chi connectivity index (χ1) is 24.4. The van der Waals surface area contributed by atoms with E-state index in [1.807, 2.05) is 0 Å². The molecule has 2 nitrogen and oxygen atoms in total. The number of hydrogen-bond acceptors (Lipinski definition) is 2. The highest BCUT2D eigenvalue weighted by molar-refractivity contribution is 6.11. The highest BCUT2D eigenvalue weighted by Crippen LogP contribution is 2.51. The minimum atomic E-state index is -0.315. The summed E-state index contributed by atoms with van der Waals surface area (Å²) in [5.41, 5.74) is 9.46. The molecule has 2 fully saturated rings. The molecule has 0 amide bonds. The molecule has 0 bridgehead atoms. The number of hydrogen-bond donors (Lipinski definition) is 0. The van der Waals surface area contributed by atoms with E-state index in [1.54, 1.807) is 0 Å². The molecule has 3 aliphatic rings. The van der Waals surface area contributed by atoms with E-state index in [0.717, 1.165) is 53.2 Å². The van der Waals surface area contributed by atoms with Crippen molar-refractivity contribution in [2.75, 3.05) is 6.61 Å². The lowest BCUT2D eigenvalue weighted by molar-refractivity contribution is -0.0324. The summed E-state index contributed by atoms with van der Waals surface area (Å²) in [6, 6.07) is 40.5. The van der Waals surface area contributed by atoms with E-state index in [1.165, 1.54) is 93.5 Å². The summed E-state index contributed by atoms with van der Waals surface area (Å²) in [6.07, 6.45) is 10.2. The van der Waals surface area contributed by atoms with Gasteiger partial charge in [0.15, 0.2) is 0 Å². The Labute approximate surface area is 297 Å². The van der Waals surface area contributed by atoms with Gasteiger partial charge in [0, 0.05) is 11.1 Å². The molecule has 0 radical (unpaired) electrons. The molecule has 0 saturated heterocycles. The monoisotopic (exact) mass is 656 g/mol. The van der Waals surface area contributed by atoms with Crippen LogP contribution < -0.4 is 9.47 Å². The molecule has 0 unspecified atom stereocenters. The van der Waals surface area contributed by atoms with E-state index in [4.69, 9.17) is 9.47 Å². The normalized spacial score (nSPS) is 23.4. The number of ether oxygens (including phenoxy) is 2. The zero-order valence-corrected chi connectivity index (χ0v) is 29.8. The van der Waals surface area contributed by atoms with Crippen LogP contribution in [0.5, 0.6) is 11.5 Å². The Kier molecular flexibility index (Phi) is 7.95. The van der Waals surface area contributed by atoms with Crippen LogP contribution in [0.1, 0.15) is 69.4 Å². The average Bonchev–Trinajstić information content (AvgIpc) is 3.14. The van der Waals surface area contributed by atoms with Gasteiger partial charge in [-0.15, -0.1) is 0 Å². The van der Waals surface area contributed by atoms with Crippen molar-refractivity contribution in [3.05, 3.63) is 120 Å². The Balaban J connectivity index is 1.15. The summed E-state index contributed by atoms with van der Waals surface area (Å²) in [6.45, 7) is 7.30. The lowest BCUT2D eigenvalue weighted by Crippen LogP contribution is -2.47. The van der Waals surface area contributed by atoms with Gasteiger partial charge in [0.05, 0.1) is 0 Å². The van der Waals surface area contributed by atoms with Crippen molar-refractivity contribution in [1.29, 1.82) is 0 Å². The highest BCUT2D eigenvalue weighted by Gasteiger charge is 2.42. The van der Waals surface area contributed by atoms with Crippen molar-refractivity contribution in [3.8, 4) is 44.9 Å². The molecule has 0 aromatic heterocycles. The topological polar surface area (TPSA) is 18.5 Å². The van der Waals surface area contributed by atoms with Crippen molar-refractivity contribution in [2.24, 2.45) is 17.8 Å². The summed E-state index contributed by atoms with van der Waals surface area (Å²) in [7, 11) is 0. The lowest BCUT2D eigenvalue weighted by Gasteiger charge is -2.44. The Morgan fingerprint density at radius 1 is 0.500 bits per heavy atom. The second kappa shape index (κ2) is 12.6. The molecule has 1 heterocycles. The molecule has 2 saturated carbocycles. The van der Waals surface area contributed by atoms with E-state index in [-0.39, 0.29) is 5.60 Å². The van der Waals surface area contributed by atoms with Gasteiger partial charge in [-0.3, -0.25) is 0 Å². The smallest absolute Gasteiger partial charge is 0.143 e. The fourth-order valence-corrected chi connectivity index (χ4v) is 9.31. The van der Waals surface area contributed by atoms with Gasteiger partial charge in [-0.2, -0.15) is 0 Å². The van der Waals surface area contributed by atoms with Gasteiger partial charge in [0.25, 0.3) is 0 Å². The molecule has 1 spiro atoms. The third-order valence-electron chi connectivity index (χ3n) is 12.5. The van der Waals surface area contributed by atoms with Crippen LogP contribution in [-0.4, -0.2) is 12.2 Å². The van der Waals surface area contributed by atoms with Gasteiger partial charge in [-0.25, -0.2) is 0 Å². The predicted octanol–water partition coefficient (Wildman–Crippen LogP) is 13.1. The summed E-state index contributed by atoms with van der Waals surface area (Å²) in [5.74, 6) is 4.55. The van der Waals surface area contributed by atoms with Crippen molar-refractivity contribution in [3.63, 3.8) is 0 Å².